The minimum atomic E-state index is -0.311. The van der Waals surface area contributed by atoms with Gasteiger partial charge >= 0.3 is 0 Å². The van der Waals surface area contributed by atoms with Crippen LogP contribution in [0.2, 0.25) is 0 Å². The molecule has 2 aliphatic carbocycles. The summed E-state index contributed by atoms with van der Waals surface area (Å²) in [6.45, 7) is 2.09. The number of hydrogen-bond acceptors (Lipinski definition) is 2. The van der Waals surface area contributed by atoms with Crippen LogP contribution >= 0.6 is 0 Å². The van der Waals surface area contributed by atoms with E-state index in [1.54, 1.807) is 7.11 Å². The predicted molar refractivity (Wildman–Crippen MR) is 79.8 cm³/mol. The van der Waals surface area contributed by atoms with Crippen molar-refractivity contribution in [3.05, 3.63) is 29.3 Å². The predicted octanol–water partition coefficient (Wildman–Crippen LogP) is 4.51. The number of hydrogen-bond donors (Lipinski definition) is 0. The zero-order valence-electron chi connectivity index (χ0n) is 12.5. The van der Waals surface area contributed by atoms with Crippen LogP contribution < -0.4 is 4.74 Å². The molecule has 2 aliphatic rings. The summed E-state index contributed by atoms with van der Waals surface area (Å²) in [7, 11) is 1.70. The summed E-state index contributed by atoms with van der Waals surface area (Å²) in [6.07, 6.45) is 8.72. The Morgan fingerprint density at radius 1 is 1.15 bits per heavy atom. The smallest absolute Gasteiger partial charge is 0.123 e. The molecule has 0 heterocycles. The molecule has 1 aromatic rings. The van der Waals surface area contributed by atoms with E-state index in [4.69, 9.17) is 4.74 Å². The second-order valence-electron chi connectivity index (χ2n) is 6.81. The Balaban J connectivity index is 1.92. The molecule has 0 N–H and O–H groups in total. The van der Waals surface area contributed by atoms with Gasteiger partial charge in [0.25, 0.3) is 0 Å². The van der Waals surface area contributed by atoms with E-state index in [-0.39, 0.29) is 5.41 Å². The number of aryl methyl sites for hydroxylation is 1. The molecule has 2 heteroatoms. The Morgan fingerprint density at radius 2 is 1.85 bits per heavy atom. The van der Waals surface area contributed by atoms with Gasteiger partial charge in [0, 0.05) is 5.56 Å². The maximum atomic E-state index is 9.81. The molecule has 2 saturated carbocycles. The van der Waals surface area contributed by atoms with Gasteiger partial charge in [0.05, 0.1) is 18.6 Å². The Hall–Kier alpha value is -1.49. The highest BCUT2D eigenvalue weighted by atomic mass is 16.5. The highest BCUT2D eigenvalue weighted by Crippen LogP contribution is 2.62. The van der Waals surface area contributed by atoms with Gasteiger partial charge in [-0.15, -0.1) is 0 Å². The van der Waals surface area contributed by atoms with Gasteiger partial charge in [0.15, 0.2) is 0 Å². The van der Waals surface area contributed by atoms with Crippen molar-refractivity contribution in [2.75, 3.05) is 7.11 Å². The van der Waals surface area contributed by atoms with Gasteiger partial charge in [0.2, 0.25) is 0 Å². The molecule has 0 saturated heterocycles. The van der Waals surface area contributed by atoms with Crippen molar-refractivity contribution in [1.82, 2.24) is 0 Å². The zero-order chi connectivity index (χ0) is 14.2. The number of benzene rings is 1. The van der Waals surface area contributed by atoms with Crippen molar-refractivity contribution in [1.29, 1.82) is 5.26 Å². The molecule has 0 unspecified atom stereocenters. The topological polar surface area (TPSA) is 33.0 Å². The Morgan fingerprint density at radius 3 is 2.45 bits per heavy atom. The minimum Gasteiger partial charge on any atom is -0.496 e. The molecule has 2 nitrogen and oxygen atoms in total. The molecule has 1 spiro atoms. The van der Waals surface area contributed by atoms with Crippen molar-refractivity contribution in [2.24, 2.45) is 5.41 Å². The van der Waals surface area contributed by atoms with Crippen LogP contribution in [0.5, 0.6) is 5.75 Å². The SMILES string of the molecule is COc1ccc(C)cc1C1(C#N)CC2(CCCCC2)C1. The van der Waals surface area contributed by atoms with E-state index in [2.05, 4.69) is 25.1 Å². The molecule has 2 fully saturated rings. The van der Waals surface area contributed by atoms with Crippen molar-refractivity contribution in [2.45, 2.75) is 57.3 Å². The van der Waals surface area contributed by atoms with E-state index in [0.717, 1.165) is 24.2 Å². The number of rotatable bonds is 2. The Kier molecular flexibility index (Phi) is 3.24. The summed E-state index contributed by atoms with van der Waals surface area (Å²) in [5.74, 6) is 0.878. The lowest BCUT2D eigenvalue weighted by atomic mass is 9.47. The lowest BCUT2D eigenvalue weighted by Gasteiger charge is -2.55. The van der Waals surface area contributed by atoms with Crippen LogP contribution in [-0.4, -0.2) is 7.11 Å². The fourth-order valence-electron chi connectivity index (χ4n) is 4.41. The monoisotopic (exact) mass is 269 g/mol. The van der Waals surface area contributed by atoms with Crippen LogP contribution in [0, 0.1) is 23.7 Å². The summed E-state index contributed by atoms with van der Waals surface area (Å²) in [5, 5.41) is 9.81. The average Bonchev–Trinajstić information content (AvgIpc) is 2.45. The van der Waals surface area contributed by atoms with Crippen LogP contribution in [0.1, 0.15) is 56.1 Å². The molecular weight excluding hydrogens is 246 g/mol. The van der Waals surface area contributed by atoms with E-state index in [9.17, 15) is 5.26 Å². The second kappa shape index (κ2) is 4.81. The van der Waals surface area contributed by atoms with Gasteiger partial charge in [-0.2, -0.15) is 5.26 Å². The third kappa shape index (κ3) is 2.00. The summed E-state index contributed by atoms with van der Waals surface area (Å²) < 4.78 is 5.51. The average molecular weight is 269 g/mol. The molecule has 20 heavy (non-hydrogen) atoms. The molecule has 0 aromatic heterocycles. The molecule has 106 valence electrons. The first-order valence-electron chi connectivity index (χ1n) is 7.70. The van der Waals surface area contributed by atoms with E-state index in [1.807, 2.05) is 6.07 Å². The first kappa shape index (κ1) is 13.5. The van der Waals surface area contributed by atoms with E-state index in [0.29, 0.717) is 5.41 Å². The van der Waals surface area contributed by atoms with Crippen molar-refractivity contribution in [3.8, 4) is 11.8 Å². The summed E-state index contributed by atoms with van der Waals surface area (Å²) in [6, 6.07) is 8.84. The molecule has 1 aromatic carbocycles. The second-order valence-corrected chi connectivity index (χ2v) is 6.81. The summed E-state index contributed by atoms with van der Waals surface area (Å²) >= 11 is 0. The normalized spacial score (nSPS) is 22.9. The van der Waals surface area contributed by atoms with E-state index >= 15 is 0 Å². The standard InChI is InChI=1S/C18H23NO/c1-14-6-7-16(20-2)15(10-14)18(13-19)11-17(12-18)8-4-3-5-9-17/h6-7,10H,3-5,8-9,11-12H2,1-2H3. The van der Waals surface area contributed by atoms with Gasteiger partial charge in [-0.1, -0.05) is 37.0 Å². The van der Waals surface area contributed by atoms with Crippen LogP contribution in [0.25, 0.3) is 0 Å². The van der Waals surface area contributed by atoms with E-state index in [1.165, 1.54) is 37.7 Å². The molecular formula is C18H23NO. The fourth-order valence-corrected chi connectivity index (χ4v) is 4.41. The van der Waals surface area contributed by atoms with Crippen molar-refractivity contribution in [3.63, 3.8) is 0 Å². The van der Waals surface area contributed by atoms with Crippen LogP contribution in [-0.2, 0) is 5.41 Å². The fraction of sp³-hybridized carbons (Fsp3) is 0.611. The highest BCUT2D eigenvalue weighted by molar-refractivity contribution is 5.48. The quantitative estimate of drug-likeness (QED) is 0.791. The first-order valence-corrected chi connectivity index (χ1v) is 7.70. The minimum absolute atomic E-state index is 0.311. The lowest BCUT2D eigenvalue weighted by Crippen LogP contribution is -2.49. The highest BCUT2D eigenvalue weighted by Gasteiger charge is 2.56. The molecule has 0 bridgehead atoms. The zero-order valence-corrected chi connectivity index (χ0v) is 12.5. The lowest BCUT2D eigenvalue weighted by molar-refractivity contribution is 0.0158. The molecule has 0 atom stereocenters. The van der Waals surface area contributed by atoms with Gasteiger partial charge in [-0.05, 0) is 44.1 Å². The third-order valence-electron chi connectivity index (χ3n) is 5.35. The number of ether oxygens (including phenoxy) is 1. The molecule has 0 radical (unpaired) electrons. The number of nitrogens with zero attached hydrogens (tertiary/aromatic N) is 1. The first-order chi connectivity index (χ1) is 9.63. The van der Waals surface area contributed by atoms with Crippen LogP contribution in [0.15, 0.2) is 18.2 Å². The van der Waals surface area contributed by atoms with Crippen LogP contribution in [0.4, 0.5) is 0 Å². The molecule has 0 aliphatic heterocycles. The van der Waals surface area contributed by atoms with E-state index < -0.39 is 0 Å². The van der Waals surface area contributed by atoms with Gasteiger partial charge < -0.3 is 4.74 Å². The summed E-state index contributed by atoms with van der Waals surface area (Å²) in [5.41, 5.74) is 2.45. The van der Waals surface area contributed by atoms with Gasteiger partial charge in [-0.3, -0.25) is 0 Å². The third-order valence-corrected chi connectivity index (χ3v) is 5.35. The number of methoxy groups -OCH3 is 1. The van der Waals surface area contributed by atoms with Crippen molar-refractivity contribution >= 4 is 0 Å². The van der Waals surface area contributed by atoms with Gasteiger partial charge in [-0.25, -0.2) is 0 Å². The molecule has 3 rings (SSSR count). The Labute approximate surface area is 121 Å². The van der Waals surface area contributed by atoms with Gasteiger partial charge in [0.1, 0.15) is 5.75 Å². The maximum Gasteiger partial charge on any atom is 0.123 e. The largest absolute Gasteiger partial charge is 0.496 e. The van der Waals surface area contributed by atoms with Crippen molar-refractivity contribution < 1.29 is 4.74 Å². The maximum absolute atomic E-state index is 9.81. The van der Waals surface area contributed by atoms with Crippen LogP contribution in [0.3, 0.4) is 0 Å². The summed E-state index contributed by atoms with van der Waals surface area (Å²) in [4.78, 5) is 0. The molecule has 0 amide bonds. The Bertz CT molecular complexity index is 541. The number of nitriles is 1.